The van der Waals surface area contributed by atoms with Crippen molar-refractivity contribution in [1.82, 2.24) is 4.90 Å². The number of rotatable bonds is 6. The first-order valence-corrected chi connectivity index (χ1v) is 8.23. The van der Waals surface area contributed by atoms with Gasteiger partial charge in [-0.3, -0.25) is 4.90 Å². The third-order valence-corrected chi connectivity index (χ3v) is 4.69. The monoisotopic (exact) mass is 293 g/mol. The molecule has 0 radical (unpaired) electrons. The Bertz CT molecular complexity index is 455. The molecule has 118 valence electrons. The molecule has 0 bridgehead atoms. The molecule has 0 saturated heterocycles. The summed E-state index contributed by atoms with van der Waals surface area (Å²) >= 11 is 0. The van der Waals surface area contributed by atoms with E-state index in [1.54, 1.807) is 12.1 Å². The molecule has 1 saturated carbocycles. The van der Waals surface area contributed by atoms with E-state index in [2.05, 4.69) is 25.7 Å². The number of benzene rings is 1. The second-order valence-electron chi connectivity index (χ2n) is 6.74. The van der Waals surface area contributed by atoms with Crippen molar-refractivity contribution in [3.8, 4) is 5.75 Å². The summed E-state index contributed by atoms with van der Waals surface area (Å²) in [5.41, 5.74) is 0.698. The van der Waals surface area contributed by atoms with Crippen molar-refractivity contribution in [3.05, 3.63) is 29.6 Å². The fraction of sp³-hybridized carbons (Fsp3) is 0.667. The average molecular weight is 293 g/mol. The lowest BCUT2D eigenvalue weighted by atomic mass is 10.0. The zero-order chi connectivity index (χ0) is 15.4. The number of halogens is 1. The van der Waals surface area contributed by atoms with Crippen LogP contribution in [-0.2, 0) is 0 Å². The number of hydrogen-bond acceptors (Lipinski definition) is 2. The molecule has 1 fully saturated rings. The Morgan fingerprint density at radius 2 is 1.90 bits per heavy atom. The summed E-state index contributed by atoms with van der Waals surface area (Å²) in [6.45, 7) is 7.58. The van der Waals surface area contributed by atoms with E-state index in [9.17, 15) is 9.50 Å². The normalized spacial score (nSPS) is 17.8. The molecule has 0 aromatic heterocycles. The third-order valence-electron chi connectivity index (χ3n) is 4.69. The van der Waals surface area contributed by atoms with Crippen LogP contribution in [0.25, 0.3) is 0 Å². The van der Waals surface area contributed by atoms with E-state index in [0.29, 0.717) is 17.5 Å². The van der Waals surface area contributed by atoms with Crippen molar-refractivity contribution in [2.24, 2.45) is 5.92 Å². The van der Waals surface area contributed by atoms with Crippen LogP contribution in [0, 0.1) is 11.7 Å². The van der Waals surface area contributed by atoms with Crippen LogP contribution >= 0.6 is 0 Å². The van der Waals surface area contributed by atoms with Gasteiger partial charge < -0.3 is 5.11 Å². The molecule has 2 rings (SSSR count). The van der Waals surface area contributed by atoms with Gasteiger partial charge in [-0.05, 0) is 44.7 Å². The average Bonchev–Trinajstić information content (AvgIpc) is 2.92. The van der Waals surface area contributed by atoms with Crippen molar-refractivity contribution in [2.75, 3.05) is 6.54 Å². The van der Waals surface area contributed by atoms with Gasteiger partial charge in [0.1, 0.15) is 11.6 Å². The second-order valence-corrected chi connectivity index (χ2v) is 6.74. The number of nitrogens with zero attached hydrogens (tertiary/aromatic N) is 1. The highest BCUT2D eigenvalue weighted by Crippen LogP contribution is 2.33. The summed E-state index contributed by atoms with van der Waals surface area (Å²) in [6.07, 6.45) is 6.16. The topological polar surface area (TPSA) is 23.5 Å². The van der Waals surface area contributed by atoms with Crippen LogP contribution < -0.4 is 0 Å². The van der Waals surface area contributed by atoms with Gasteiger partial charge in [0.15, 0.2) is 0 Å². The number of hydrogen-bond donors (Lipinski definition) is 1. The lowest BCUT2D eigenvalue weighted by molar-refractivity contribution is 0.135. The van der Waals surface area contributed by atoms with Crippen molar-refractivity contribution in [1.29, 1.82) is 0 Å². The van der Waals surface area contributed by atoms with Crippen molar-refractivity contribution in [2.45, 2.75) is 65.0 Å². The van der Waals surface area contributed by atoms with Crippen molar-refractivity contribution < 1.29 is 9.50 Å². The molecule has 1 aromatic carbocycles. The van der Waals surface area contributed by atoms with Crippen LogP contribution in [0.1, 0.15) is 64.5 Å². The highest BCUT2D eigenvalue weighted by atomic mass is 19.1. The summed E-state index contributed by atoms with van der Waals surface area (Å²) < 4.78 is 14.2. The lowest BCUT2D eigenvalue weighted by Crippen LogP contribution is -2.37. The first-order chi connectivity index (χ1) is 9.99. The predicted molar refractivity (Wildman–Crippen MR) is 84.9 cm³/mol. The number of aromatic hydroxyl groups is 1. The van der Waals surface area contributed by atoms with Crippen molar-refractivity contribution in [3.63, 3.8) is 0 Å². The van der Waals surface area contributed by atoms with Gasteiger partial charge in [-0.15, -0.1) is 0 Å². The third kappa shape index (κ3) is 4.19. The molecule has 1 aliphatic carbocycles. The van der Waals surface area contributed by atoms with Crippen molar-refractivity contribution >= 4 is 0 Å². The minimum absolute atomic E-state index is 0.00181. The zero-order valence-corrected chi connectivity index (χ0v) is 13.5. The Hall–Kier alpha value is -1.09. The number of phenolic OH excluding ortho intramolecular Hbond substituents is 1. The van der Waals surface area contributed by atoms with E-state index in [1.165, 1.54) is 31.7 Å². The van der Waals surface area contributed by atoms with Gasteiger partial charge in [0, 0.05) is 23.7 Å². The van der Waals surface area contributed by atoms with E-state index < -0.39 is 0 Å². The molecule has 21 heavy (non-hydrogen) atoms. The van der Waals surface area contributed by atoms with Gasteiger partial charge in [0.2, 0.25) is 0 Å². The molecule has 3 heteroatoms. The molecule has 1 aromatic rings. The summed E-state index contributed by atoms with van der Waals surface area (Å²) in [6, 6.07) is 5.18. The predicted octanol–water partition coefficient (Wildman–Crippen LogP) is 4.88. The van der Waals surface area contributed by atoms with E-state index in [4.69, 9.17) is 0 Å². The molecular weight excluding hydrogens is 265 g/mol. The van der Waals surface area contributed by atoms with E-state index >= 15 is 0 Å². The summed E-state index contributed by atoms with van der Waals surface area (Å²) in [5.74, 6) is 0.360. The minimum atomic E-state index is -0.296. The standard InChI is InChI=1S/C18H28FNO/c1-13(2)10-11-20(15-6-4-5-7-15)14(3)17-9-8-16(21)12-18(17)19/h8-9,12-15,21H,4-7,10-11H2,1-3H3. The van der Waals surface area contributed by atoms with E-state index in [-0.39, 0.29) is 17.6 Å². The Kier molecular flexibility index (Phi) is 5.63. The van der Waals surface area contributed by atoms with Gasteiger partial charge in [-0.1, -0.05) is 32.8 Å². The zero-order valence-electron chi connectivity index (χ0n) is 13.5. The summed E-state index contributed by atoms with van der Waals surface area (Å²) in [4.78, 5) is 2.47. The molecule has 0 spiro atoms. The molecule has 1 unspecified atom stereocenters. The Balaban J connectivity index is 2.17. The van der Waals surface area contributed by atoms with Gasteiger partial charge in [0.25, 0.3) is 0 Å². The van der Waals surface area contributed by atoms with Crippen LogP contribution in [0.4, 0.5) is 4.39 Å². The first kappa shape index (κ1) is 16.3. The maximum absolute atomic E-state index is 14.2. The molecule has 0 heterocycles. The Labute approximate surface area is 128 Å². The van der Waals surface area contributed by atoms with Gasteiger partial charge in [-0.2, -0.15) is 0 Å². The Morgan fingerprint density at radius 1 is 1.24 bits per heavy atom. The lowest BCUT2D eigenvalue weighted by Gasteiger charge is -2.35. The van der Waals surface area contributed by atoms with Gasteiger partial charge in [0.05, 0.1) is 0 Å². The van der Waals surface area contributed by atoms with Crippen LogP contribution in [0.15, 0.2) is 18.2 Å². The second kappa shape index (κ2) is 7.26. The van der Waals surface area contributed by atoms with Crippen LogP contribution in [0.2, 0.25) is 0 Å². The molecule has 1 aliphatic rings. The first-order valence-electron chi connectivity index (χ1n) is 8.23. The highest BCUT2D eigenvalue weighted by Gasteiger charge is 2.28. The number of phenols is 1. The minimum Gasteiger partial charge on any atom is -0.508 e. The summed E-state index contributed by atoms with van der Waals surface area (Å²) in [7, 11) is 0. The SMILES string of the molecule is CC(C)CCN(C1CCCC1)C(C)c1ccc(O)cc1F. The molecular formula is C18H28FNO. The molecule has 0 aliphatic heterocycles. The molecule has 0 amide bonds. The summed E-state index contributed by atoms with van der Waals surface area (Å²) in [5, 5.41) is 9.39. The van der Waals surface area contributed by atoms with E-state index in [0.717, 1.165) is 13.0 Å². The largest absolute Gasteiger partial charge is 0.508 e. The smallest absolute Gasteiger partial charge is 0.131 e. The fourth-order valence-electron chi connectivity index (χ4n) is 3.37. The maximum Gasteiger partial charge on any atom is 0.131 e. The van der Waals surface area contributed by atoms with Gasteiger partial charge >= 0.3 is 0 Å². The van der Waals surface area contributed by atoms with Crippen LogP contribution in [0.3, 0.4) is 0 Å². The molecule has 2 nitrogen and oxygen atoms in total. The highest BCUT2D eigenvalue weighted by molar-refractivity contribution is 5.29. The molecule has 1 N–H and O–H groups in total. The maximum atomic E-state index is 14.2. The van der Waals surface area contributed by atoms with Crippen LogP contribution in [0.5, 0.6) is 5.75 Å². The Morgan fingerprint density at radius 3 is 2.48 bits per heavy atom. The quantitative estimate of drug-likeness (QED) is 0.807. The fourth-order valence-corrected chi connectivity index (χ4v) is 3.37. The van der Waals surface area contributed by atoms with Gasteiger partial charge in [-0.25, -0.2) is 4.39 Å². The molecule has 1 atom stereocenters. The van der Waals surface area contributed by atoms with E-state index in [1.807, 2.05) is 0 Å². The van der Waals surface area contributed by atoms with Crippen LogP contribution in [-0.4, -0.2) is 22.6 Å².